The monoisotopic (exact) mass is 200 g/mol. The Morgan fingerprint density at radius 3 is 2.83 bits per heavy atom. The Balaban J connectivity index is 2.67. The molecule has 0 N–H and O–H groups in total. The first-order valence-corrected chi connectivity index (χ1v) is 4.45. The summed E-state index contributed by atoms with van der Waals surface area (Å²) in [6.45, 7) is 0. The largest absolute Gasteiger partial charge is 0.460 e. The maximum Gasteiger partial charge on any atom is 0.135 e. The molecule has 2 rings (SSSR count). The van der Waals surface area contributed by atoms with Gasteiger partial charge in [-0.05, 0) is 18.2 Å². The van der Waals surface area contributed by atoms with Crippen molar-refractivity contribution in [2.45, 2.75) is 5.88 Å². The molecular formula is C9H6Cl2O. The quantitative estimate of drug-likeness (QED) is 0.639. The molecule has 1 heterocycles. The van der Waals surface area contributed by atoms with E-state index < -0.39 is 0 Å². The zero-order valence-corrected chi connectivity index (χ0v) is 7.69. The predicted molar refractivity (Wildman–Crippen MR) is 50.8 cm³/mol. The van der Waals surface area contributed by atoms with Crippen molar-refractivity contribution in [2.24, 2.45) is 0 Å². The van der Waals surface area contributed by atoms with Gasteiger partial charge in [-0.15, -0.1) is 11.6 Å². The van der Waals surface area contributed by atoms with Gasteiger partial charge < -0.3 is 4.42 Å². The number of halogens is 2. The van der Waals surface area contributed by atoms with E-state index in [1.165, 1.54) is 0 Å². The van der Waals surface area contributed by atoms with E-state index >= 15 is 0 Å². The van der Waals surface area contributed by atoms with Gasteiger partial charge in [0.05, 0.1) is 5.88 Å². The number of benzene rings is 1. The first kappa shape index (κ1) is 7.96. The summed E-state index contributed by atoms with van der Waals surface area (Å²) in [5.74, 6) is 1.17. The average molecular weight is 201 g/mol. The second-order valence-corrected chi connectivity index (χ2v) is 3.23. The first-order valence-electron chi connectivity index (χ1n) is 3.53. The second kappa shape index (κ2) is 3.00. The Morgan fingerprint density at radius 2 is 2.08 bits per heavy atom. The minimum absolute atomic E-state index is 0.395. The number of furan rings is 1. The third-order valence-corrected chi connectivity index (χ3v) is 2.16. The average Bonchev–Trinajstić information content (AvgIpc) is 2.46. The minimum atomic E-state index is 0.395. The van der Waals surface area contributed by atoms with Gasteiger partial charge in [-0.1, -0.05) is 11.6 Å². The Kier molecular flexibility index (Phi) is 1.99. The lowest BCUT2D eigenvalue weighted by Gasteiger charge is -1.87. The lowest BCUT2D eigenvalue weighted by Crippen LogP contribution is -1.63. The topological polar surface area (TPSA) is 13.1 Å². The lowest BCUT2D eigenvalue weighted by atomic mass is 10.2. The van der Waals surface area contributed by atoms with Crippen molar-refractivity contribution in [3.8, 4) is 0 Å². The predicted octanol–water partition coefficient (Wildman–Crippen LogP) is 3.83. The maximum atomic E-state index is 5.78. The molecule has 0 saturated heterocycles. The number of hydrogen-bond donors (Lipinski definition) is 0. The van der Waals surface area contributed by atoms with Gasteiger partial charge in [-0.3, -0.25) is 0 Å². The van der Waals surface area contributed by atoms with Crippen LogP contribution in [0.15, 0.2) is 28.7 Å². The van der Waals surface area contributed by atoms with Crippen molar-refractivity contribution in [3.05, 3.63) is 35.0 Å². The second-order valence-electron chi connectivity index (χ2n) is 2.53. The first-order chi connectivity index (χ1) is 5.79. The fourth-order valence-electron chi connectivity index (χ4n) is 1.13. The Labute approximate surface area is 79.9 Å². The van der Waals surface area contributed by atoms with Crippen LogP contribution < -0.4 is 0 Å². The molecule has 0 amide bonds. The van der Waals surface area contributed by atoms with Gasteiger partial charge in [0.2, 0.25) is 0 Å². The highest BCUT2D eigenvalue weighted by atomic mass is 35.5. The number of hydrogen-bond acceptors (Lipinski definition) is 1. The highest BCUT2D eigenvalue weighted by Crippen LogP contribution is 2.23. The highest BCUT2D eigenvalue weighted by molar-refractivity contribution is 6.31. The van der Waals surface area contributed by atoms with E-state index in [9.17, 15) is 0 Å². The van der Waals surface area contributed by atoms with Crippen molar-refractivity contribution in [1.82, 2.24) is 0 Å². The van der Waals surface area contributed by atoms with E-state index in [2.05, 4.69) is 0 Å². The van der Waals surface area contributed by atoms with E-state index in [1.807, 2.05) is 18.2 Å². The van der Waals surface area contributed by atoms with Gasteiger partial charge in [-0.25, -0.2) is 0 Å². The molecule has 0 aliphatic heterocycles. The molecule has 1 nitrogen and oxygen atoms in total. The SMILES string of the molecule is ClCc1cc2ccc(Cl)cc2o1. The van der Waals surface area contributed by atoms with E-state index in [-0.39, 0.29) is 0 Å². The molecule has 0 saturated carbocycles. The molecule has 0 aliphatic rings. The minimum Gasteiger partial charge on any atom is -0.460 e. The van der Waals surface area contributed by atoms with Crippen LogP contribution in [0.4, 0.5) is 0 Å². The van der Waals surface area contributed by atoms with Gasteiger partial charge in [0, 0.05) is 16.5 Å². The van der Waals surface area contributed by atoms with Crippen LogP contribution in [0.5, 0.6) is 0 Å². The molecule has 12 heavy (non-hydrogen) atoms. The van der Waals surface area contributed by atoms with E-state index in [0.29, 0.717) is 10.9 Å². The van der Waals surface area contributed by atoms with Crippen LogP contribution in [-0.4, -0.2) is 0 Å². The van der Waals surface area contributed by atoms with Crippen molar-refractivity contribution in [3.63, 3.8) is 0 Å². The normalized spacial score (nSPS) is 10.8. The molecule has 0 fully saturated rings. The fraction of sp³-hybridized carbons (Fsp3) is 0.111. The molecular weight excluding hydrogens is 195 g/mol. The van der Waals surface area contributed by atoms with Crippen molar-refractivity contribution < 1.29 is 4.42 Å². The van der Waals surface area contributed by atoms with E-state index in [0.717, 1.165) is 16.7 Å². The van der Waals surface area contributed by atoms with Gasteiger partial charge in [-0.2, -0.15) is 0 Å². The number of alkyl halides is 1. The van der Waals surface area contributed by atoms with Crippen LogP contribution >= 0.6 is 23.2 Å². The highest BCUT2D eigenvalue weighted by Gasteiger charge is 2.01. The van der Waals surface area contributed by atoms with Crippen LogP contribution in [0.25, 0.3) is 11.0 Å². The molecule has 0 atom stereocenters. The molecule has 3 heteroatoms. The molecule has 2 aromatic rings. The smallest absolute Gasteiger partial charge is 0.135 e. The molecule has 0 spiro atoms. The summed E-state index contributed by atoms with van der Waals surface area (Å²) in [5.41, 5.74) is 0.790. The Bertz CT molecular complexity index is 406. The van der Waals surface area contributed by atoms with Gasteiger partial charge in [0.15, 0.2) is 0 Å². The van der Waals surface area contributed by atoms with E-state index in [1.54, 1.807) is 6.07 Å². The molecule has 0 radical (unpaired) electrons. The maximum absolute atomic E-state index is 5.78. The van der Waals surface area contributed by atoms with Crippen molar-refractivity contribution in [1.29, 1.82) is 0 Å². The molecule has 62 valence electrons. The van der Waals surface area contributed by atoms with Gasteiger partial charge in [0.25, 0.3) is 0 Å². The summed E-state index contributed by atoms with van der Waals surface area (Å²) in [6, 6.07) is 7.44. The van der Waals surface area contributed by atoms with Crippen LogP contribution in [0.1, 0.15) is 5.76 Å². The van der Waals surface area contributed by atoms with Crippen molar-refractivity contribution in [2.75, 3.05) is 0 Å². The summed E-state index contributed by atoms with van der Waals surface area (Å²) < 4.78 is 5.38. The number of fused-ring (bicyclic) bond motifs is 1. The van der Waals surface area contributed by atoms with Gasteiger partial charge in [0.1, 0.15) is 11.3 Å². The van der Waals surface area contributed by atoms with E-state index in [4.69, 9.17) is 27.6 Å². The third-order valence-electron chi connectivity index (χ3n) is 1.66. The van der Waals surface area contributed by atoms with Crippen molar-refractivity contribution >= 4 is 34.2 Å². The summed E-state index contributed by atoms with van der Waals surface area (Å²) in [4.78, 5) is 0. The molecule has 1 aromatic carbocycles. The molecule has 1 aromatic heterocycles. The zero-order valence-electron chi connectivity index (χ0n) is 6.18. The van der Waals surface area contributed by atoms with Crippen LogP contribution in [0.2, 0.25) is 5.02 Å². The third kappa shape index (κ3) is 1.30. The van der Waals surface area contributed by atoms with Crippen LogP contribution in [0.3, 0.4) is 0 Å². The standard InChI is InChI=1S/C9H6Cl2O/c10-5-8-3-6-1-2-7(11)4-9(6)12-8/h1-4H,5H2. The summed E-state index contributed by atoms with van der Waals surface area (Å²) >= 11 is 11.4. The lowest BCUT2D eigenvalue weighted by molar-refractivity contribution is 0.573. The van der Waals surface area contributed by atoms with Crippen LogP contribution in [-0.2, 0) is 5.88 Å². The fourth-order valence-corrected chi connectivity index (χ4v) is 1.42. The van der Waals surface area contributed by atoms with Gasteiger partial charge >= 0.3 is 0 Å². The molecule has 0 unspecified atom stereocenters. The summed E-state index contributed by atoms with van der Waals surface area (Å²) in [7, 11) is 0. The van der Waals surface area contributed by atoms with Crippen LogP contribution in [0, 0.1) is 0 Å². The zero-order chi connectivity index (χ0) is 8.55. The number of rotatable bonds is 1. The summed E-state index contributed by atoms with van der Waals surface area (Å²) in [5, 5.41) is 1.72. The Morgan fingerprint density at radius 1 is 1.25 bits per heavy atom. The molecule has 0 bridgehead atoms. The molecule has 0 aliphatic carbocycles. The summed E-state index contributed by atoms with van der Waals surface area (Å²) in [6.07, 6.45) is 0. The Hall–Kier alpha value is -0.660.